The van der Waals surface area contributed by atoms with Gasteiger partial charge in [-0.2, -0.15) is 4.73 Å². The fourth-order valence-electron chi connectivity index (χ4n) is 4.47. The van der Waals surface area contributed by atoms with Crippen molar-refractivity contribution in [1.82, 2.24) is 40.1 Å². The molecule has 3 atom stereocenters. The van der Waals surface area contributed by atoms with Crippen LogP contribution in [0.1, 0.15) is 31.3 Å². The van der Waals surface area contributed by atoms with Crippen LogP contribution in [0.2, 0.25) is 0 Å². The van der Waals surface area contributed by atoms with Crippen LogP contribution in [0.15, 0.2) is 44.0 Å². The fourth-order valence-corrected chi connectivity index (χ4v) is 7.35. The van der Waals surface area contributed by atoms with Gasteiger partial charge < -0.3 is 31.3 Å². The Kier molecular flexibility index (Phi) is 9.02. The van der Waals surface area contributed by atoms with Crippen LogP contribution in [-0.2, 0) is 26.3 Å². The molecule has 0 spiro atoms. The Morgan fingerprint density at radius 2 is 2.09 bits per heavy atom. The minimum absolute atomic E-state index is 0.0354. The van der Waals surface area contributed by atoms with Gasteiger partial charge in [-0.3, -0.25) is 19.3 Å². The quantitative estimate of drug-likeness (QED) is 0.0588. The number of nitrogen functional groups attached to an aromatic ring is 1. The molecule has 45 heavy (non-hydrogen) atoms. The van der Waals surface area contributed by atoms with Gasteiger partial charge in [-0.1, -0.05) is 30.8 Å². The van der Waals surface area contributed by atoms with Gasteiger partial charge in [-0.05, 0) is 21.9 Å². The summed E-state index contributed by atoms with van der Waals surface area (Å²) in [5.41, 5.74) is 4.99. The summed E-state index contributed by atoms with van der Waals surface area (Å²) in [6, 6.07) is -0.113. The number of aromatic hydroxyl groups is 1. The number of thiazole rings is 1. The van der Waals surface area contributed by atoms with Crippen molar-refractivity contribution in [3.8, 4) is 5.75 Å². The zero-order valence-corrected chi connectivity index (χ0v) is 26.2. The first-order chi connectivity index (χ1) is 21.4. The number of hydrogen-bond donors (Lipinski definition) is 5. The lowest BCUT2D eigenvalue weighted by atomic mass is 10.0. The van der Waals surface area contributed by atoms with Gasteiger partial charge >= 0.3 is 5.97 Å². The Hall–Kier alpha value is -4.63. The van der Waals surface area contributed by atoms with Gasteiger partial charge in [0.15, 0.2) is 22.7 Å². The van der Waals surface area contributed by atoms with E-state index in [2.05, 4.69) is 31.0 Å². The first-order valence-corrected chi connectivity index (χ1v) is 15.9. The number of carbonyl (C=O) groups is 3. The predicted molar refractivity (Wildman–Crippen MR) is 160 cm³/mol. The van der Waals surface area contributed by atoms with Crippen molar-refractivity contribution in [2.75, 3.05) is 17.2 Å². The molecule has 238 valence electrons. The number of hydrogen-bond acceptors (Lipinski definition) is 16. The van der Waals surface area contributed by atoms with E-state index in [-0.39, 0.29) is 45.4 Å². The molecule has 2 amide bonds. The summed E-state index contributed by atoms with van der Waals surface area (Å²) in [6.07, 6.45) is -0.254. The molecule has 1 fully saturated rings. The van der Waals surface area contributed by atoms with Crippen molar-refractivity contribution in [2.24, 2.45) is 18.1 Å². The third-order valence-electron chi connectivity index (χ3n) is 6.67. The van der Waals surface area contributed by atoms with E-state index in [4.69, 9.17) is 10.6 Å². The highest BCUT2D eigenvalue weighted by atomic mass is 32.2. The average molecular weight is 679 g/mol. The number of nitrogens with one attached hydrogen (secondary N) is 1. The Balaban J connectivity index is 1.37. The molecule has 0 radical (unpaired) electrons. The zero-order chi connectivity index (χ0) is 32.6. The number of pyridine rings is 1. The molecule has 21 heteroatoms. The van der Waals surface area contributed by atoms with Gasteiger partial charge in [0.25, 0.3) is 11.8 Å². The first-order valence-electron chi connectivity index (χ1n) is 13.0. The molecule has 6 N–H and O–H groups in total. The largest absolute Gasteiger partial charge is 0.503 e. The van der Waals surface area contributed by atoms with Crippen molar-refractivity contribution in [1.29, 1.82) is 0 Å². The number of anilines is 1. The number of aliphatic carboxylic acids is 1. The second kappa shape index (κ2) is 12.8. The molecule has 18 nitrogen and oxygen atoms in total. The first kappa shape index (κ1) is 31.8. The topological polar surface area (TPSA) is 253 Å². The van der Waals surface area contributed by atoms with Gasteiger partial charge in [0, 0.05) is 30.0 Å². The lowest BCUT2D eigenvalue weighted by Crippen LogP contribution is -2.71. The van der Waals surface area contributed by atoms with Crippen LogP contribution in [0.5, 0.6) is 5.75 Å². The van der Waals surface area contributed by atoms with Crippen LogP contribution in [0.3, 0.4) is 0 Å². The molecule has 5 heterocycles. The van der Waals surface area contributed by atoms with E-state index in [0.717, 1.165) is 28.5 Å². The van der Waals surface area contributed by atoms with Crippen molar-refractivity contribution in [3.05, 3.63) is 50.5 Å². The number of aromatic nitrogens is 6. The number of nitrogens with two attached hydrogens (primary N) is 1. The minimum atomic E-state index is -1.28. The molecule has 1 saturated heterocycles. The third-order valence-corrected chi connectivity index (χ3v) is 9.78. The number of tetrazole rings is 1. The summed E-state index contributed by atoms with van der Waals surface area (Å²) in [5, 5.41) is 49.0. The predicted octanol–water partition coefficient (Wildman–Crippen LogP) is 0.00230. The molecular weight excluding hydrogens is 653 g/mol. The summed E-state index contributed by atoms with van der Waals surface area (Å²) in [5.74, 6) is -3.33. The molecule has 2 aliphatic heterocycles. The number of thioether (sulfide) groups is 2. The number of carbonyl (C=O) groups excluding carboxylic acids is 2. The molecule has 3 aromatic heterocycles. The number of β-lactam (4-membered cyclic amide) rings is 1. The van der Waals surface area contributed by atoms with Gasteiger partial charge in [0.1, 0.15) is 28.5 Å². The van der Waals surface area contributed by atoms with Gasteiger partial charge in [-0.15, -0.1) is 28.2 Å². The smallest absolute Gasteiger partial charge is 0.352 e. The minimum Gasteiger partial charge on any atom is -0.503 e. The SMILES string of the molecule is CC(C)C(O/N=C(\C(=O)N[C@@H]1C(=O)N2C(C(=O)O)=C(CSc3nnnn3C)CS[C@H]12)c1csc(N)n1)c1cc(=O)c(O)cn1O. The summed E-state index contributed by atoms with van der Waals surface area (Å²) in [7, 11) is 1.65. The van der Waals surface area contributed by atoms with Crippen molar-refractivity contribution < 1.29 is 34.6 Å². The second-order valence-electron chi connectivity index (χ2n) is 10.1. The van der Waals surface area contributed by atoms with E-state index in [9.17, 15) is 34.6 Å². The van der Waals surface area contributed by atoms with E-state index in [0.29, 0.717) is 15.5 Å². The third kappa shape index (κ3) is 6.31. The number of nitrogens with zero attached hydrogens (tertiary/aromatic N) is 8. The maximum absolute atomic E-state index is 13.5. The monoisotopic (exact) mass is 678 g/mol. The van der Waals surface area contributed by atoms with Crippen LogP contribution < -0.4 is 16.5 Å². The van der Waals surface area contributed by atoms with Crippen LogP contribution in [-0.4, -0.2) is 96.7 Å². The Labute approximate surface area is 265 Å². The maximum atomic E-state index is 13.5. The summed E-state index contributed by atoms with van der Waals surface area (Å²) in [6.45, 7) is 3.43. The van der Waals surface area contributed by atoms with Crippen molar-refractivity contribution in [3.63, 3.8) is 0 Å². The van der Waals surface area contributed by atoms with Crippen molar-refractivity contribution in [2.45, 2.75) is 36.5 Å². The zero-order valence-electron chi connectivity index (χ0n) is 23.7. The maximum Gasteiger partial charge on any atom is 0.352 e. The molecule has 0 aromatic carbocycles. The van der Waals surface area contributed by atoms with E-state index >= 15 is 0 Å². The molecule has 5 rings (SSSR count). The lowest BCUT2D eigenvalue weighted by Gasteiger charge is -2.49. The average Bonchev–Trinajstić information content (AvgIpc) is 3.61. The Bertz CT molecular complexity index is 1780. The normalized spacial score (nSPS) is 18.9. The summed E-state index contributed by atoms with van der Waals surface area (Å²) < 4.78 is 1.96. The second-order valence-corrected chi connectivity index (χ2v) is 13.0. The number of carboxylic acid groups (broad SMARTS) is 1. The van der Waals surface area contributed by atoms with Crippen LogP contribution in [0.25, 0.3) is 0 Å². The van der Waals surface area contributed by atoms with Gasteiger partial charge in [0.05, 0.1) is 6.20 Å². The lowest BCUT2D eigenvalue weighted by molar-refractivity contribution is -0.150. The van der Waals surface area contributed by atoms with E-state index in [1.807, 2.05) is 0 Å². The number of amides is 2. The number of rotatable bonds is 11. The highest BCUT2D eigenvalue weighted by Gasteiger charge is 2.54. The molecule has 0 saturated carbocycles. The van der Waals surface area contributed by atoms with E-state index in [1.165, 1.54) is 33.6 Å². The molecule has 2 aliphatic rings. The Morgan fingerprint density at radius 1 is 1.33 bits per heavy atom. The number of carboxylic acids is 1. The van der Waals surface area contributed by atoms with Crippen LogP contribution in [0, 0.1) is 5.92 Å². The molecule has 0 aliphatic carbocycles. The standard InChI is InChI=1S/C24H26N10O8S3/c1-9(2)18(12-4-13(35)14(36)5-33(12)41)42-29-15(11-8-44-23(25)26-11)19(37)27-16-20(38)34-17(22(39)40)10(6-43-21(16)34)7-45-24-28-30-31-32(24)3/h4-5,8-9,16,18,21,36,41H,6-7H2,1-3H3,(H2,25,26)(H,27,37)(H,39,40)/b29-15-/t16-,18?,21-/m1/s1. The van der Waals surface area contributed by atoms with E-state index in [1.54, 1.807) is 20.9 Å². The molecular formula is C24H26N10O8S3. The number of fused-ring (bicyclic) bond motifs is 1. The van der Waals surface area contributed by atoms with Crippen molar-refractivity contribution >= 4 is 63.5 Å². The Morgan fingerprint density at radius 3 is 2.71 bits per heavy atom. The molecule has 3 aromatic rings. The summed E-state index contributed by atoms with van der Waals surface area (Å²) in [4.78, 5) is 62.0. The number of oxime groups is 1. The summed E-state index contributed by atoms with van der Waals surface area (Å²) >= 11 is 3.54. The van der Waals surface area contributed by atoms with E-state index < -0.39 is 46.5 Å². The fraction of sp³-hybridized carbons (Fsp3) is 0.375. The number of aryl methyl sites for hydroxylation is 1. The molecule has 0 bridgehead atoms. The van der Waals surface area contributed by atoms with Gasteiger partial charge in [-0.25, -0.2) is 14.5 Å². The highest BCUT2D eigenvalue weighted by Crippen LogP contribution is 2.41. The highest BCUT2D eigenvalue weighted by molar-refractivity contribution is 8.01. The van der Waals surface area contributed by atoms with Gasteiger partial charge in [0.2, 0.25) is 10.6 Å². The molecule has 1 unspecified atom stereocenters. The van der Waals surface area contributed by atoms with Crippen LogP contribution >= 0.6 is 34.9 Å². The van der Waals surface area contributed by atoms with Crippen LogP contribution in [0.4, 0.5) is 5.13 Å².